The number of fused-ring (bicyclic) bond motifs is 2. The Bertz CT molecular complexity index is 788. The Morgan fingerprint density at radius 2 is 2.00 bits per heavy atom. The highest BCUT2D eigenvalue weighted by molar-refractivity contribution is 6.04. The summed E-state index contributed by atoms with van der Waals surface area (Å²) in [4.78, 5) is 25.7. The number of ketones is 1. The molecular weight excluding hydrogens is 372 g/mol. The number of ether oxygens (including phenoxy) is 3. The van der Waals surface area contributed by atoms with E-state index < -0.39 is 35.4 Å². The fraction of sp³-hybridized carbons (Fsp3) is 0.826. The van der Waals surface area contributed by atoms with Crippen molar-refractivity contribution in [3.05, 3.63) is 12.2 Å². The zero-order valence-corrected chi connectivity index (χ0v) is 17.8. The molecule has 0 aromatic carbocycles. The van der Waals surface area contributed by atoms with Gasteiger partial charge in [-0.2, -0.15) is 0 Å². The molecule has 2 saturated heterocycles. The molecule has 6 rings (SSSR count). The molecule has 0 amide bonds. The first kappa shape index (κ1) is 19.7. The zero-order chi connectivity index (χ0) is 20.9. The van der Waals surface area contributed by atoms with Crippen molar-refractivity contribution < 1.29 is 28.9 Å². The van der Waals surface area contributed by atoms with Crippen molar-refractivity contribution in [2.75, 3.05) is 7.11 Å². The number of carbonyl (C=O) groups is 2. The minimum absolute atomic E-state index is 0.0555. The Morgan fingerprint density at radius 3 is 2.66 bits per heavy atom. The van der Waals surface area contributed by atoms with E-state index >= 15 is 0 Å². The van der Waals surface area contributed by atoms with Crippen LogP contribution in [0.5, 0.6) is 0 Å². The lowest BCUT2D eigenvalue weighted by Crippen LogP contribution is -2.78. The summed E-state index contributed by atoms with van der Waals surface area (Å²) in [5.74, 6) is -0.863. The van der Waals surface area contributed by atoms with Crippen molar-refractivity contribution in [2.45, 2.75) is 77.5 Å². The van der Waals surface area contributed by atoms with Crippen molar-refractivity contribution in [3.63, 3.8) is 0 Å². The standard InChI is InChI=1S/C23H32O6/c1-11-13-9-14(28-12(2)24)17-22-8-6-7-21(3,4)15(22)10-16(29-20(22)27-5)23(17,18(11)25)19(13)26/h13-17,19-20,26H,1,6-10H2,2-5H3/t13-,14-,15+,16+,17-,19+,20-,22-,23+/m0/s1. The van der Waals surface area contributed by atoms with Gasteiger partial charge in [-0.25, -0.2) is 0 Å². The lowest BCUT2D eigenvalue weighted by molar-refractivity contribution is -0.398. The number of methoxy groups -OCH3 is 1. The number of aliphatic hydroxyl groups is 1. The molecular formula is C23H32O6. The average Bonchev–Trinajstić information content (AvgIpc) is 2.77. The van der Waals surface area contributed by atoms with Crippen LogP contribution in [-0.2, 0) is 23.8 Å². The highest BCUT2D eigenvalue weighted by Gasteiger charge is 2.82. The summed E-state index contributed by atoms with van der Waals surface area (Å²) in [5.41, 5.74) is -1.04. The van der Waals surface area contributed by atoms with E-state index in [-0.39, 0.29) is 34.9 Å². The number of esters is 1. The molecule has 160 valence electrons. The second-order valence-corrected chi connectivity index (χ2v) is 10.6. The Hall–Kier alpha value is -1.24. The van der Waals surface area contributed by atoms with E-state index in [4.69, 9.17) is 14.2 Å². The predicted molar refractivity (Wildman–Crippen MR) is 104 cm³/mol. The van der Waals surface area contributed by atoms with Crippen molar-refractivity contribution >= 4 is 11.8 Å². The molecule has 4 aliphatic carbocycles. The molecule has 6 aliphatic rings. The van der Waals surface area contributed by atoms with Crippen LogP contribution in [0.1, 0.15) is 52.9 Å². The van der Waals surface area contributed by atoms with Gasteiger partial charge >= 0.3 is 5.97 Å². The summed E-state index contributed by atoms with van der Waals surface area (Å²) in [5, 5.41) is 11.4. The SMILES string of the molecule is C=C1C(=O)[C@]23[C@H](O)[C@H]1C[C@H](OC(C)=O)[C@H]2[C@]12CCCC(C)(C)[C@H]1C[C@H]3O[C@@H]2OC. The van der Waals surface area contributed by atoms with Crippen molar-refractivity contribution in [3.8, 4) is 0 Å². The van der Waals surface area contributed by atoms with Crippen LogP contribution in [0.25, 0.3) is 0 Å². The highest BCUT2D eigenvalue weighted by Crippen LogP contribution is 2.75. The first-order chi connectivity index (χ1) is 13.6. The van der Waals surface area contributed by atoms with E-state index in [1.807, 2.05) is 0 Å². The third kappa shape index (κ3) is 2.08. The van der Waals surface area contributed by atoms with E-state index in [0.29, 0.717) is 12.0 Å². The summed E-state index contributed by atoms with van der Waals surface area (Å²) in [6.45, 7) is 10.0. The van der Waals surface area contributed by atoms with E-state index in [1.54, 1.807) is 7.11 Å². The van der Waals surface area contributed by atoms with Crippen LogP contribution in [0.3, 0.4) is 0 Å². The van der Waals surface area contributed by atoms with Gasteiger partial charge in [-0.15, -0.1) is 0 Å². The molecule has 6 fully saturated rings. The smallest absolute Gasteiger partial charge is 0.302 e. The maximum Gasteiger partial charge on any atom is 0.302 e. The molecule has 6 nitrogen and oxygen atoms in total. The second kappa shape index (κ2) is 5.92. The lowest BCUT2D eigenvalue weighted by Gasteiger charge is -2.72. The number of rotatable bonds is 2. The van der Waals surface area contributed by atoms with Gasteiger partial charge in [-0.1, -0.05) is 26.8 Å². The van der Waals surface area contributed by atoms with Gasteiger partial charge in [0.25, 0.3) is 0 Å². The maximum atomic E-state index is 13.7. The molecule has 4 saturated carbocycles. The third-order valence-electron chi connectivity index (χ3n) is 9.22. The molecule has 2 heterocycles. The topological polar surface area (TPSA) is 82.1 Å². The van der Waals surface area contributed by atoms with Crippen LogP contribution in [-0.4, -0.2) is 48.6 Å². The molecule has 1 N–H and O–H groups in total. The number of hydrogen-bond acceptors (Lipinski definition) is 6. The normalized spacial score (nSPS) is 52.1. The second-order valence-electron chi connectivity index (χ2n) is 10.6. The van der Waals surface area contributed by atoms with Crippen LogP contribution in [0.15, 0.2) is 12.2 Å². The Kier molecular flexibility index (Phi) is 4.02. The maximum absolute atomic E-state index is 13.7. The van der Waals surface area contributed by atoms with Gasteiger partial charge in [0.15, 0.2) is 12.1 Å². The number of aliphatic hydroxyl groups excluding tert-OH is 1. The first-order valence-electron chi connectivity index (χ1n) is 10.9. The van der Waals surface area contributed by atoms with Gasteiger partial charge in [-0.05, 0) is 42.6 Å². The fourth-order valence-electron chi connectivity index (χ4n) is 8.45. The molecule has 29 heavy (non-hydrogen) atoms. The van der Waals surface area contributed by atoms with Gasteiger partial charge in [0.2, 0.25) is 0 Å². The monoisotopic (exact) mass is 404 g/mol. The van der Waals surface area contributed by atoms with Crippen LogP contribution in [0.2, 0.25) is 0 Å². The summed E-state index contributed by atoms with van der Waals surface area (Å²) < 4.78 is 18.2. The molecule has 6 heteroatoms. The quantitative estimate of drug-likeness (QED) is 0.563. The van der Waals surface area contributed by atoms with Crippen LogP contribution in [0.4, 0.5) is 0 Å². The molecule has 0 radical (unpaired) electrons. The number of hydrogen-bond donors (Lipinski definition) is 1. The zero-order valence-electron chi connectivity index (χ0n) is 17.8. The van der Waals surface area contributed by atoms with Crippen LogP contribution < -0.4 is 0 Å². The Balaban J connectivity index is 1.76. The molecule has 4 bridgehead atoms. The van der Waals surface area contributed by atoms with E-state index in [1.165, 1.54) is 6.92 Å². The summed E-state index contributed by atoms with van der Waals surface area (Å²) in [6.07, 6.45) is 1.89. The van der Waals surface area contributed by atoms with Crippen LogP contribution in [0, 0.1) is 34.0 Å². The largest absolute Gasteiger partial charge is 0.462 e. The molecule has 2 aliphatic heterocycles. The third-order valence-corrected chi connectivity index (χ3v) is 9.22. The minimum Gasteiger partial charge on any atom is -0.462 e. The van der Waals surface area contributed by atoms with E-state index in [9.17, 15) is 14.7 Å². The molecule has 0 aromatic rings. The number of Topliss-reactive ketones (excluding diaryl/α,β-unsaturated/α-hetero) is 1. The molecule has 2 spiro atoms. The van der Waals surface area contributed by atoms with Crippen molar-refractivity contribution in [1.29, 1.82) is 0 Å². The van der Waals surface area contributed by atoms with Gasteiger partial charge in [0.1, 0.15) is 6.10 Å². The summed E-state index contributed by atoms with van der Waals surface area (Å²) in [6, 6.07) is 0. The number of carbonyl (C=O) groups excluding carboxylic acids is 2. The van der Waals surface area contributed by atoms with Gasteiger partial charge in [0.05, 0.1) is 17.6 Å². The van der Waals surface area contributed by atoms with Gasteiger partial charge < -0.3 is 19.3 Å². The molecule has 9 atom stereocenters. The predicted octanol–water partition coefficient (Wildman–Crippen LogP) is 2.63. The molecule has 0 unspecified atom stereocenters. The van der Waals surface area contributed by atoms with Crippen molar-refractivity contribution in [1.82, 2.24) is 0 Å². The van der Waals surface area contributed by atoms with Crippen molar-refractivity contribution in [2.24, 2.45) is 34.0 Å². The Morgan fingerprint density at radius 1 is 1.28 bits per heavy atom. The van der Waals surface area contributed by atoms with E-state index in [2.05, 4.69) is 20.4 Å². The summed E-state index contributed by atoms with van der Waals surface area (Å²) >= 11 is 0. The fourth-order valence-corrected chi connectivity index (χ4v) is 8.45. The minimum atomic E-state index is -1.08. The van der Waals surface area contributed by atoms with Crippen LogP contribution >= 0.6 is 0 Å². The lowest BCUT2D eigenvalue weighted by atomic mass is 9.37. The highest BCUT2D eigenvalue weighted by atomic mass is 16.7. The summed E-state index contributed by atoms with van der Waals surface area (Å²) in [7, 11) is 1.66. The van der Waals surface area contributed by atoms with Gasteiger partial charge in [-0.3, -0.25) is 9.59 Å². The Labute approximate surface area is 172 Å². The van der Waals surface area contributed by atoms with E-state index in [0.717, 1.165) is 25.7 Å². The first-order valence-corrected chi connectivity index (χ1v) is 10.9. The molecule has 0 aromatic heterocycles. The average molecular weight is 405 g/mol. The van der Waals surface area contributed by atoms with Gasteiger partial charge in [0, 0.05) is 31.3 Å².